The average molecular weight is 411 g/mol. The van der Waals surface area contributed by atoms with Crippen LogP contribution in [0.5, 0.6) is 11.5 Å². The maximum atomic E-state index is 13.4. The Labute approximate surface area is 178 Å². The van der Waals surface area contributed by atoms with Crippen LogP contribution >= 0.6 is 0 Å². The number of esters is 1. The van der Waals surface area contributed by atoms with Gasteiger partial charge in [0.25, 0.3) is 5.91 Å². The van der Waals surface area contributed by atoms with Gasteiger partial charge >= 0.3 is 5.97 Å². The van der Waals surface area contributed by atoms with Crippen molar-refractivity contribution in [3.05, 3.63) is 45.6 Å². The zero-order chi connectivity index (χ0) is 22.4. The summed E-state index contributed by atoms with van der Waals surface area (Å²) in [6.45, 7) is 12.9. The number of aromatic nitrogens is 1. The Morgan fingerprint density at radius 1 is 1.10 bits per heavy atom. The maximum absolute atomic E-state index is 13.4. The molecule has 0 fully saturated rings. The predicted octanol–water partition coefficient (Wildman–Crippen LogP) is 4.30. The van der Waals surface area contributed by atoms with Gasteiger partial charge in [0.2, 0.25) is 0 Å². The van der Waals surface area contributed by atoms with Crippen molar-refractivity contribution in [2.75, 3.05) is 11.9 Å². The molecule has 3 rings (SSSR count). The smallest absolute Gasteiger partial charge is 0.308 e. The lowest BCUT2D eigenvalue weighted by atomic mass is 9.86. The highest BCUT2D eigenvalue weighted by molar-refractivity contribution is 5.98. The number of benzene rings is 1. The Hall–Kier alpha value is -2.89. The molecule has 1 aliphatic heterocycles. The Bertz CT molecular complexity index is 1020. The summed E-state index contributed by atoms with van der Waals surface area (Å²) in [5, 5.41) is 0. The van der Waals surface area contributed by atoms with Gasteiger partial charge in [0, 0.05) is 31.6 Å². The Kier molecular flexibility index (Phi) is 5.63. The lowest BCUT2D eigenvalue weighted by Gasteiger charge is -2.38. The molecule has 2 aromatic rings. The second kappa shape index (κ2) is 7.74. The number of hydrogen-bond acceptors (Lipinski definition) is 5. The van der Waals surface area contributed by atoms with Crippen LogP contribution in [0.3, 0.4) is 0 Å². The van der Waals surface area contributed by atoms with E-state index >= 15 is 0 Å². The van der Waals surface area contributed by atoms with Crippen molar-refractivity contribution in [2.24, 2.45) is 0 Å². The average Bonchev–Trinajstić information content (AvgIpc) is 2.67. The molecule has 6 nitrogen and oxygen atoms in total. The van der Waals surface area contributed by atoms with Crippen molar-refractivity contribution in [3.63, 3.8) is 0 Å². The summed E-state index contributed by atoms with van der Waals surface area (Å²) in [7, 11) is 1.74. The first-order valence-electron chi connectivity index (χ1n) is 10.2. The summed E-state index contributed by atoms with van der Waals surface area (Å²) in [5.41, 5.74) is 4.53. The molecule has 30 heavy (non-hydrogen) atoms. The summed E-state index contributed by atoms with van der Waals surface area (Å²) in [5.74, 6) is 1.44. The van der Waals surface area contributed by atoms with E-state index in [1.54, 1.807) is 11.9 Å². The number of amides is 1. The lowest BCUT2D eigenvalue weighted by Crippen LogP contribution is -2.52. The largest absolute Gasteiger partial charge is 0.477 e. The molecule has 1 amide bonds. The fourth-order valence-corrected chi connectivity index (χ4v) is 4.13. The molecule has 0 saturated carbocycles. The van der Waals surface area contributed by atoms with E-state index in [2.05, 4.69) is 4.98 Å². The molecule has 0 N–H and O–H groups in total. The molecule has 0 bridgehead atoms. The molecular formula is C24H30N2O4. The van der Waals surface area contributed by atoms with Gasteiger partial charge in [-0.1, -0.05) is 0 Å². The van der Waals surface area contributed by atoms with Crippen molar-refractivity contribution in [1.29, 1.82) is 0 Å². The molecule has 1 atom stereocenters. The standard InChI is InChI=1S/C24H30N2O4/c1-13-11-14(2)25-20(12-13)26(8)23(28)24(7)10-9-19-17(5)21(29-18(6)27)15(3)16(4)22(19)30-24/h11-12H,9-10H2,1-8H3. The van der Waals surface area contributed by atoms with Crippen molar-refractivity contribution in [3.8, 4) is 11.5 Å². The van der Waals surface area contributed by atoms with Gasteiger partial charge in [-0.05, 0) is 82.3 Å². The molecule has 160 valence electrons. The van der Waals surface area contributed by atoms with Gasteiger partial charge in [0.1, 0.15) is 17.3 Å². The number of carbonyl (C=O) groups excluding carboxylic acids is 2. The number of nitrogens with zero attached hydrogens (tertiary/aromatic N) is 2. The maximum Gasteiger partial charge on any atom is 0.308 e. The molecule has 1 unspecified atom stereocenters. The van der Waals surface area contributed by atoms with Gasteiger partial charge in [-0.15, -0.1) is 0 Å². The quantitative estimate of drug-likeness (QED) is 0.558. The number of fused-ring (bicyclic) bond motifs is 1. The second-order valence-electron chi connectivity index (χ2n) is 8.45. The van der Waals surface area contributed by atoms with Gasteiger partial charge in [0.05, 0.1) is 0 Å². The molecule has 1 aromatic carbocycles. The van der Waals surface area contributed by atoms with E-state index in [1.165, 1.54) is 6.92 Å². The predicted molar refractivity (Wildman–Crippen MR) is 116 cm³/mol. The summed E-state index contributed by atoms with van der Waals surface area (Å²) >= 11 is 0. The first kappa shape index (κ1) is 21.8. The Balaban J connectivity index is 1.98. The Morgan fingerprint density at radius 2 is 1.77 bits per heavy atom. The minimum absolute atomic E-state index is 0.135. The fourth-order valence-electron chi connectivity index (χ4n) is 4.13. The van der Waals surface area contributed by atoms with Gasteiger partial charge in [0.15, 0.2) is 5.60 Å². The summed E-state index contributed by atoms with van der Waals surface area (Å²) in [6, 6.07) is 3.88. The molecule has 0 radical (unpaired) electrons. The minimum Gasteiger partial charge on any atom is -0.477 e. The fraction of sp³-hybridized carbons (Fsp3) is 0.458. The normalized spacial score (nSPS) is 17.7. The highest BCUT2D eigenvalue weighted by atomic mass is 16.5. The number of likely N-dealkylation sites (N-methyl/N-ethyl adjacent to an activating group) is 1. The number of rotatable bonds is 3. The van der Waals surface area contributed by atoms with E-state index in [0.29, 0.717) is 30.2 Å². The van der Waals surface area contributed by atoms with Crippen LogP contribution in [0.4, 0.5) is 5.82 Å². The number of hydrogen-bond donors (Lipinski definition) is 0. The van der Waals surface area contributed by atoms with Crippen molar-refractivity contribution >= 4 is 17.7 Å². The van der Waals surface area contributed by atoms with Crippen LogP contribution in [0.15, 0.2) is 12.1 Å². The minimum atomic E-state index is -1.01. The molecule has 1 aromatic heterocycles. The molecule has 1 aliphatic rings. The third-order valence-electron chi connectivity index (χ3n) is 5.92. The molecular weight excluding hydrogens is 380 g/mol. The van der Waals surface area contributed by atoms with Gasteiger partial charge in [-0.25, -0.2) is 4.98 Å². The van der Waals surface area contributed by atoms with E-state index < -0.39 is 5.60 Å². The molecule has 0 saturated heterocycles. The van der Waals surface area contributed by atoms with Crippen LogP contribution in [0.2, 0.25) is 0 Å². The first-order chi connectivity index (χ1) is 13.9. The third-order valence-corrected chi connectivity index (χ3v) is 5.92. The highest BCUT2D eigenvalue weighted by Gasteiger charge is 2.43. The zero-order valence-corrected chi connectivity index (χ0v) is 19.1. The number of carbonyl (C=O) groups is 2. The van der Waals surface area contributed by atoms with Crippen LogP contribution in [0, 0.1) is 34.6 Å². The van der Waals surface area contributed by atoms with Gasteiger partial charge < -0.3 is 9.47 Å². The van der Waals surface area contributed by atoms with E-state index in [4.69, 9.17) is 9.47 Å². The number of ether oxygens (including phenoxy) is 2. The zero-order valence-electron chi connectivity index (χ0n) is 19.1. The van der Waals surface area contributed by atoms with E-state index in [9.17, 15) is 9.59 Å². The molecule has 0 spiro atoms. The van der Waals surface area contributed by atoms with Crippen LogP contribution in [0.1, 0.15) is 53.8 Å². The summed E-state index contributed by atoms with van der Waals surface area (Å²) in [6.07, 6.45) is 1.18. The number of anilines is 1. The SMILES string of the molecule is CC(=O)Oc1c(C)c(C)c2c(c1C)CCC(C)(C(=O)N(C)c1cc(C)cc(C)n1)O2. The van der Waals surface area contributed by atoms with E-state index in [1.807, 2.05) is 53.7 Å². The molecule has 0 aliphatic carbocycles. The monoisotopic (exact) mass is 410 g/mol. The topological polar surface area (TPSA) is 68.7 Å². The van der Waals surface area contributed by atoms with Crippen molar-refractivity contribution in [2.45, 2.75) is 66.9 Å². The highest BCUT2D eigenvalue weighted by Crippen LogP contribution is 2.44. The summed E-state index contributed by atoms with van der Waals surface area (Å²) in [4.78, 5) is 31.1. The molecule has 6 heteroatoms. The number of aryl methyl sites for hydroxylation is 2. The van der Waals surface area contributed by atoms with Crippen LogP contribution in [0.25, 0.3) is 0 Å². The van der Waals surface area contributed by atoms with Crippen LogP contribution in [-0.2, 0) is 16.0 Å². The molecule has 2 heterocycles. The summed E-state index contributed by atoms with van der Waals surface area (Å²) < 4.78 is 11.8. The third kappa shape index (κ3) is 3.78. The van der Waals surface area contributed by atoms with Gasteiger partial charge in [-0.3, -0.25) is 14.5 Å². The first-order valence-corrected chi connectivity index (χ1v) is 10.2. The van der Waals surface area contributed by atoms with E-state index in [0.717, 1.165) is 33.5 Å². The van der Waals surface area contributed by atoms with Gasteiger partial charge in [-0.2, -0.15) is 0 Å². The Morgan fingerprint density at radius 3 is 2.37 bits per heavy atom. The van der Waals surface area contributed by atoms with Crippen LogP contribution in [-0.4, -0.2) is 29.5 Å². The van der Waals surface area contributed by atoms with Crippen LogP contribution < -0.4 is 14.4 Å². The van der Waals surface area contributed by atoms with E-state index in [-0.39, 0.29) is 11.9 Å². The second-order valence-corrected chi connectivity index (χ2v) is 8.45. The lowest BCUT2D eigenvalue weighted by molar-refractivity contribution is -0.133. The van der Waals surface area contributed by atoms with Crippen molar-refractivity contribution in [1.82, 2.24) is 4.98 Å². The number of pyridine rings is 1. The van der Waals surface area contributed by atoms with Crippen molar-refractivity contribution < 1.29 is 19.1 Å².